The van der Waals surface area contributed by atoms with Gasteiger partial charge in [-0.25, -0.2) is 13.6 Å². The Kier molecular flexibility index (Phi) is 3.00. The maximum atomic E-state index is 12.7. The Bertz CT molecular complexity index is 601. The SMILES string of the molecule is O=C(CC1CC(F)(F)C1)ON1C(=O)c2ccccc2C1=O. The van der Waals surface area contributed by atoms with E-state index in [1.165, 1.54) is 12.1 Å². The summed E-state index contributed by atoms with van der Waals surface area (Å²) >= 11 is 0. The second-order valence-electron chi connectivity index (χ2n) is 5.25. The molecule has 7 heteroatoms. The summed E-state index contributed by atoms with van der Waals surface area (Å²) in [5.74, 6) is -5.49. The van der Waals surface area contributed by atoms with Crippen molar-refractivity contribution in [3.63, 3.8) is 0 Å². The van der Waals surface area contributed by atoms with Gasteiger partial charge >= 0.3 is 5.97 Å². The number of amides is 2. The van der Waals surface area contributed by atoms with Gasteiger partial charge in [-0.15, -0.1) is 0 Å². The summed E-state index contributed by atoms with van der Waals surface area (Å²) in [6.45, 7) is 0. The van der Waals surface area contributed by atoms with Crippen molar-refractivity contribution < 1.29 is 28.0 Å². The van der Waals surface area contributed by atoms with Gasteiger partial charge in [0.15, 0.2) is 0 Å². The van der Waals surface area contributed by atoms with Crippen molar-refractivity contribution in [2.24, 2.45) is 5.92 Å². The number of carbonyl (C=O) groups is 3. The first-order chi connectivity index (χ1) is 9.87. The Labute approximate surface area is 118 Å². The highest BCUT2D eigenvalue weighted by molar-refractivity contribution is 6.20. The fourth-order valence-corrected chi connectivity index (χ4v) is 2.55. The third-order valence-electron chi connectivity index (χ3n) is 3.58. The van der Waals surface area contributed by atoms with E-state index in [0.29, 0.717) is 5.06 Å². The number of nitrogens with zero attached hydrogens (tertiary/aromatic N) is 1. The van der Waals surface area contributed by atoms with Crippen LogP contribution >= 0.6 is 0 Å². The van der Waals surface area contributed by atoms with Crippen molar-refractivity contribution in [1.29, 1.82) is 0 Å². The van der Waals surface area contributed by atoms with Crippen LogP contribution in [0.3, 0.4) is 0 Å². The van der Waals surface area contributed by atoms with Gasteiger partial charge in [0.2, 0.25) is 5.92 Å². The minimum absolute atomic E-state index is 0.158. The molecule has 0 bridgehead atoms. The first kappa shape index (κ1) is 13.7. The maximum absolute atomic E-state index is 12.7. The van der Waals surface area contributed by atoms with Crippen molar-refractivity contribution in [1.82, 2.24) is 5.06 Å². The van der Waals surface area contributed by atoms with Gasteiger partial charge in [-0.1, -0.05) is 17.2 Å². The van der Waals surface area contributed by atoms with Crippen molar-refractivity contribution in [2.45, 2.75) is 25.2 Å². The van der Waals surface area contributed by atoms with E-state index in [4.69, 9.17) is 4.84 Å². The number of rotatable bonds is 3. The molecule has 2 aliphatic rings. The lowest BCUT2D eigenvalue weighted by Crippen LogP contribution is -2.39. The normalized spacial score (nSPS) is 20.2. The van der Waals surface area contributed by atoms with Crippen LogP contribution < -0.4 is 0 Å². The molecule has 1 saturated carbocycles. The molecule has 5 nitrogen and oxygen atoms in total. The summed E-state index contributed by atoms with van der Waals surface area (Å²) < 4.78 is 25.4. The van der Waals surface area contributed by atoms with Crippen LogP contribution in [0.15, 0.2) is 24.3 Å². The lowest BCUT2D eigenvalue weighted by Gasteiger charge is -2.34. The summed E-state index contributed by atoms with van der Waals surface area (Å²) in [6, 6.07) is 6.09. The molecule has 21 heavy (non-hydrogen) atoms. The number of hydrogen-bond acceptors (Lipinski definition) is 4. The third kappa shape index (κ3) is 2.39. The van der Waals surface area contributed by atoms with Gasteiger partial charge in [-0.3, -0.25) is 9.59 Å². The second-order valence-corrected chi connectivity index (χ2v) is 5.25. The van der Waals surface area contributed by atoms with E-state index < -0.39 is 29.6 Å². The number of hydroxylamine groups is 2. The average molecular weight is 295 g/mol. The molecule has 1 fully saturated rings. The van der Waals surface area contributed by atoms with Crippen LogP contribution in [0, 0.1) is 5.92 Å². The van der Waals surface area contributed by atoms with E-state index in [9.17, 15) is 23.2 Å². The van der Waals surface area contributed by atoms with Gasteiger partial charge in [-0.2, -0.15) is 0 Å². The topological polar surface area (TPSA) is 63.7 Å². The molecular weight excluding hydrogens is 284 g/mol. The highest BCUT2D eigenvalue weighted by atomic mass is 19.3. The van der Waals surface area contributed by atoms with Crippen molar-refractivity contribution in [3.05, 3.63) is 35.4 Å². The summed E-state index contributed by atoms with van der Waals surface area (Å²) in [5.41, 5.74) is 0.316. The lowest BCUT2D eigenvalue weighted by atomic mass is 9.79. The van der Waals surface area contributed by atoms with Crippen LogP contribution in [0.2, 0.25) is 0 Å². The fourth-order valence-electron chi connectivity index (χ4n) is 2.55. The Balaban J connectivity index is 1.63. The molecular formula is C14H11F2NO4. The number of carbonyl (C=O) groups excluding carboxylic acids is 3. The van der Waals surface area contributed by atoms with E-state index >= 15 is 0 Å². The van der Waals surface area contributed by atoms with Crippen molar-refractivity contribution in [3.8, 4) is 0 Å². The molecule has 0 unspecified atom stereocenters. The predicted octanol–water partition coefficient (Wildman–Crippen LogP) is 2.18. The van der Waals surface area contributed by atoms with E-state index in [-0.39, 0.29) is 30.4 Å². The first-order valence-corrected chi connectivity index (χ1v) is 6.44. The zero-order valence-corrected chi connectivity index (χ0v) is 10.8. The highest BCUT2D eigenvalue weighted by Crippen LogP contribution is 2.44. The molecule has 1 heterocycles. The van der Waals surface area contributed by atoms with E-state index in [1.807, 2.05) is 0 Å². The first-order valence-electron chi connectivity index (χ1n) is 6.44. The molecule has 0 aromatic heterocycles. The van der Waals surface area contributed by atoms with Gasteiger partial charge in [0.1, 0.15) is 0 Å². The van der Waals surface area contributed by atoms with Gasteiger partial charge in [0.05, 0.1) is 17.5 Å². The molecule has 0 spiro atoms. The molecule has 0 atom stereocenters. The molecule has 0 radical (unpaired) electrons. The molecule has 0 N–H and O–H groups in total. The summed E-state index contributed by atoms with van der Waals surface area (Å²) in [7, 11) is 0. The molecule has 1 aliphatic carbocycles. The molecule has 1 aromatic rings. The quantitative estimate of drug-likeness (QED) is 0.802. The number of benzene rings is 1. The second kappa shape index (κ2) is 4.61. The number of imide groups is 1. The Morgan fingerprint density at radius 3 is 2.19 bits per heavy atom. The van der Waals surface area contributed by atoms with Gasteiger partial charge in [0, 0.05) is 12.8 Å². The molecule has 110 valence electrons. The van der Waals surface area contributed by atoms with Crippen LogP contribution in [0.4, 0.5) is 8.78 Å². The summed E-state index contributed by atoms with van der Waals surface area (Å²) in [4.78, 5) is 40.2. The van der Waals surface area contributed by atoms with Crippen molar-refractivity contribution in [2.75, 3.05) is 0 Å². The third-order valence-corrected chi connectivity index (χ3v) is 3.58. The monoisotopic (exact) mass is 295 g/mol. The zero-order valence-electron chi connectivity index (χ0n) is 10.8. The van der Waals surface area contributed by atoms with Gasteiger partial charge in [0.25, 0.3) is 11.8 Å². The van der Waals surface area contributed by atoms with Crippen LogP contribution in [0.1, 0.15) is 40.0 Å². The minimum Gasteiger partial charge on any atom is -0.330 e. The Morgan fingerprint density at radius 2 is 1.71 bits per heavy atom. The standard InChI is InChI=1S/C14H11F2NO4/c15-14(16)6-8(7-14)5-11(18)21-17-12(19)9-3-1-2-4-10(9)13(17)20/h1-4,8H,5-7H2. The van der Waals surface area contributed by atoms with E-state index in [1.54, 1.807) is 12.1 Å². The van der Waals surface area contributed by atoms with Gasteiger partial charge < -0.3 is 4.84 Å². The number of fused-ring (bicyclic) bond motifs is 1. The predicted molar refractivity (Wildman–Crippen MR) is 65.3 cm³/mol. The molecule has 2 amide bonds. The zero-order chi connectivity index (χ0) is 15.2. The molecule has 0 saturated heterocycles. The highest BCUT2D eigenvalue weighted by Gasteiger charge is 2.47. The number of halogens is 2. The van der Waals surface area contributed by atoms with Crippen LogP contribution in [0.5, 0.6) is 0 Å². The molecule has 1 aliphatic heterocycles. The lowest BCUT2D eigenvalue weighted by molar-refractivity contribution is -0.175. The Hall–Kier alpha value is -2.31. The summed E-state index contributed by atoms with van der Waals surface area (Å²) in [5, 5.41) is 0.393. The van der Waals surface area contributed by atoms with Crippen molar-refractivity contribution >= 4 is 17.8 Å². The van der Waals surface area contributed by atoms with Crippen LogP contribution in [-0.2, 0) is 9.63 Å². The van der Waals surface area contributed by atoms with Gasteiger partial charge in [-0.05, 0) is 18.1 Å². The smallest absolute Gasteiger partial charge is 0.330 e. The largest absolute Gasteiger partial charge is 0.333 e. The van der Waals surface area contributed by atoms with E-state index in [2.05, 4.69) is 0 Å². The van der Waals surface area contributed by atoms with Crippen LogP contribution in [-0.4, -0.2) is 28.8 Å². The molecule has 3 rings (SSSR count). The fraction of sp³-hybridized carbons (Fsp3) is 0.357. The van der Waals surface area contributed by atoms with E-state index in [0.717, 1.165) is 0 Å². The number of hydrogen-bond donors (Lipinski definition) is 0. The number of alkyl halides is 2. The average Bonchev–Trinajstić information content (AvgIpc) is 2.63. The molecule has 1 aromatic carbocycles. The maximum Gasteiger partial charge on any atom is 0.333 e. The Morgan fingerprint density at radius 1 is 1.19 bits per heavy atom. The summed E-state index contributed by atoms with van der Waals surface area (Å²) in [6.07, 6.45) is -0.975. The van der Waals surface area contributed by atoms with Crippen LogP contribution in [0.25, 0.3) is 0 Å². The minimum atomic E-state index is -2.72.